The molecule has 0 spiro atoms. The zero-order chi connectivity index (χ0) is 13.1. The predicted octanol–water partition coefficient (Wildman–Crippen LogP) is 1.30. The Labute approximate surface area is 113 Å². The zero-order valence-corrected chi connectivity index (χ0v) is 11.9. The minimum absolute atomic E-state index is 0.339. The van der Waals surface area contributed by atoms with E-state index >= 15 is 0 Å². The molecule has 7 heteroatoms. The van der Waals surface area contributed by atoms with Crippen molar-refractivity contribution in [3.63, 3.8) is 0 Å². The first-order valence-electron chi connectivity index (χ1n) is 4.66. The van der Waals surface area contributed by atoms with Crippen molar-refractivity contribution in [2.45, 2.75) is 6.92 Å². The molecule has 0 aliphatic rings. The number of halogens is 1. The smallest absolute Gasteiger partial charge is 0.338 e. The van der Waals surface area contributed by atoms with Crippen LogP contribution in [-0.2, 0) is 14.9 Å². The largest absolute Gasteiger partial charge is 0.748 e. The minimum atomic E-state index is -4.35. The summed E-state index contributed by atoms with van der Waals surface area (Å²) >= 11 is 2.13. The van der Waals surface area contributed by atoms with E-state index in [9.17, 15) is 17.8 Å². The summed E-state index contributed by atoms with van der Waals surface area (Å²) in [7, 11) is -4.35. The molecule has 1 aromatic carbocycles. The quantitative estimate of drug-likeness (QED) is 0.454. The summed E-state index contributed by atoms with van der Waals surface area (Å²) in [6.45, 7) is 1.43. The average Bonchev–Trinajstić information content (AvgIpc) is 2.20. The van der Waals surface area contributed by atoms with E-state index in [0.717, 1.165) is 9.13 Å². The summed E-state index contributed by atoms with van der Waals surface area (Å²) in [6.07, 6.45) is 0. The number of hydrogen-bond acceptors (Lipinski definition) is 5. The Morgan fingerprint density at radius 1 is 1.47 bits per heavy atom. The molecule has 0 unspecified atom stereocenters. The van der Waals surface area contributed by atoms with Gasteiger partial charge in [-0.15, -0.1) is 0 Å². The highest BCUT2D eigenvalue weighted by Gasteiger charge is 2.08. The van der Waals surface area contributed by atoms with E-state index in [1.54, 1.807) is 18.2 Å². The summed E-state index contributed by atoms with van der Waals surface area (Å²) < 4.78 is 36.6. The number of carbonyl (C=O) groups is 1. The van der Waals surface area contributed by atoms with Crippen molar-refractivity contribution in [1.29, 1.82) is 0 Å². The maximum atomic E-state index is 11.5. The van der Waals surface area contributed by atoms with Gasteiger partial charge in [-0.25, -0.2) is 13.2 Å². The number of benzene rings is 1. The van der Waals surface area contributed by atoms with Gasteiger partial charge in [0.1, 0.15) is 6.61 Å². The van der Waals surface area contributed by atoms with Gasteiger partial charge in [-0.2, -0.15) is 0 Å². The topological polar surface area (TPSA) is 83.5 Å². The van der Waals surface area contributed by atoms with Crippen molar-refractivity contribution < 1.29 is 22.5 Å². The zero-order valence-electron chi connectivity index (χ0n) is 8.97. The van der Waals surface area contributed by atoms with Crippen LogP contribution in [0.25, 0.3) is 0 Å². The van der Waals surface area contributed by atoms with Crippen molar-refractivity contribution in [1.82, 2.24) is 0 Å². The molecule has 94 valence electrons. The van der Waals surface area contributed by atoms with Gasteiger partial charge in [0.15, 0.2) is 0 Å². The number of rotatable bonds is 4. The van der Waals surface area contributed by atoms with E-state index in [2.05, 4.69) is 27.3 Å². The molecule has 0 amide bonds. The van der Waals surface area contributed by atoms with Gasteiger partial charge in [-0.05, 0) is 53.3 Å². The number of esters is 1. The Balaban J connectivity index is 2.61. The number of hydrogen-bond donors (Lipinski definition) is 0. The predicted molar refractivity (Wildman–Crippen MR) is 68.7 cm³/mol. The molecule has 0 aliphatic heterocycles. The summed E-state index contributed by atoms with van der Waals surface area (Å²) in [5, 5.41) is 0. The Bertz CT molecular complexity index is 523. The second kappa shape index (κ2) is 5.78. The molecule has 0 fully saturated rings. The van der Waals surface area contributed by atoms with Gasteiger partial charge in [0.05, 0.1) is 21.4 Å². The first kappa shape index (κ1) is 14.4. The molecule has 1 aromatic rings. The van der Waals surface area contributed by atoms with Crippen LogP contribution >= 0.6 is 22.6 Å². The fraction of sp³-hybridized carbons (Fsp3) is 0.300. The summed E-state index contributed by atoms with van der Waals surface area (Å²) in [5.41, 5.74) is 1.27. The van der Waals surface area contributed by atoms with E-state index in [1.165, 1.54) is 0 Å². The molecule has 0 N–H and O–H groups in total. The molecule has 0 radical (unpaired) electrons. The highest BCUT2D eigenvalue weighted by atomic mass is 127. The lowest BCUT2D eigenvalue weighted by Crippen LogP contribution is -2.15. The molecule has 0 saturated heterocycles. The molecule has 0 aliphatic carbocycles. The second-order valence-electron chi connectivity index (χ2n) is 3.36. The fourth-order valence-corrected chi connectivity index (χ4v) is 1.71. The van der Waals surface area contributed by atoms with Crippen molar-refractivity contribution in [3.8, 4) is 0 Å². The fourth-order valence-electron chi connectivity index (χ4n) is 1.09. The van der Waals surface area contributed by atoms with Crippen LogP contribution in [0.5, 0.6) is 0 Å². The molecular formula is C10H10IO5S-. The van der Waals surface area contributed by atoms with Crippen molar-refractivity contribution in [2.75, 3.05) is 12.4 Å². The van der Waals surface area contributed by atoms with E-state index in [-0.39, 0.29) is 0 Å². The lowest BCUT2D eigenvalue weighted by atomic mass is 10.1. The molecule has 0 bridgehead atoms. The molecule has 0 saturated carbocycles. The van der Waals surface area contributed by atoms with Gasteiger partial charge in [0.2, 0.25) is 0 Å². The summed E-state index contributed by atoms with van der Waals surface area (Å²) in [4.78, 5) is 11.5. The molecule has 1 rings (SSSR count). The molecule has 0 atom stereocenters. The first-order chi connectivity index (χ1) is 7.79. The monoisotopic (exact) mass is 369 g/mol. The van der Waals surface area contributed by atoms with Gasteiger partial charge >= 0.3 is 5.97 Å². The van der Waals surface area contributed by atoms with Gasteiger partial charge in [0.25, 0.3) is 0 Å². The average molecular weight is 369 g/mol. The Morgan fingerprint density at radius 2 is 2.12 bits per heavy atom. The first-order valence-corrected chi connectivity index (χ1v) is 7.32. The van der Waals surface area contributed by atoms with E-state index < -0.39 is 28.4 Å². The van der Waals surface area contributed by atoms with E-state index in [0.29, 0.717) is 5.56 Å². The Morgan fingerprint density at radius 3 is 2.65 bits per heavy atom. The number of aryl methyl sites for hydroxylation is 1. The third-order valence-electron chi connectivity index (χ3n) is 1.96. The van der Waals surface area contributed by atoms with Crippen LogP contribution in [0.4, 0.5) is 0 Å². The van der Waals surface area contributed by atoms with Crippen LogP contribution < -0.4 is 0 Å². The van der Waals surface area contributed by atoms with Crippen LogP contribution in [0.15, 0.2) is 18.2 Å². The summed E-state index contributed by atoms with van der Waals surface area (Å²) in [6, 6.07) is 5.00. The minimum Gasteiger partial charge on any atom is -0.748 e. The van der Waals surface area contributed by atoms with Crippen LogP contribution in [0.1, 0.15) is 15.9 Å². The maximum absolute atomic E-state index is 11.5. The van der Waals surface area contributed by atoms with E-state index in [4.69, 9.17) is 0 Å². The van der Waals surface area contributed by atoms with Crippen molar-refractivity contribution in [3.05, 3.63) is 32.9 Å². The van der Waals surface area contributed by atoms with Crippen LogP contribution in [-0.4, -0.2) is 31.3 Å². The maximum Gasteiger partial charge on any atom is 0.338 e. The normalized spacial score (nSPS) is 11.2. The third kappa shape index (κ3) is 5.00. The van der Waals surface area contributed by atoms with Crippen LogP contribution in [0, 0.1) is 10.5 Å². The SMILES string of the molecule is Cc1cc(C(=O)OCCS(=O)(=O)[O-])ccc1I. The van der Waals surface area contributed by atoms with Gasteiger partial charge in [-0.3, -0.25) is 0 Å². The van der Waals surface area contributed by atoms with Gasteiger partial charge in [-0.1, -0.05) is 0 Å². The Hall–Kier alpha value is -0.670. The molecule has 0 heterocycles. The second-order valence-corrected chi connectivity index (χ2v) is 6.05. The van der Waals surface area contributed by atoms with E-state index in [1.807, 2.05) is 6.92 Å². The summed E-state index contributed by atoms with van der Waals surface area (Å²) in [5.74, 6) is -1.34. The molecule has 0 aromatic heterocycles. The number of carbonyl (C=O) groups excluding carboxylic acids is 1. The van der Waals surface area contributed by atoms with Gasteiger partial charge < -0.3 is 9.29 Å². The molecular weight excluding hydrogens is 359 g/mol. The highest BCUT2D eigenvalue weighted by Crippen LogP contribution is 2.13. The molecule has 17 heavy (non-hydrogen) atoms. The van der Waals surface area contributed by atoms with Crippen LogP contribution in [0.2, 0.25) is 0 Å². The van der Waals surface area contributed by atoms with Crippen molar-refractivity contribution in [2.24, 2.45) is 0 Å². The van der Waals surface area contributed by atoms with Crippen molar-refractivity contribution >= 4 is 38.7 Å². The number of ether oxygens (including phenoxy) is 1. The lowest BCUT2D eigenvalue weighted by Gasteiger charge is -2.08. The third-order valence-corrected chi connectivity index (χ3v) is 3.84. The Kier molecular flexibility index (Phi) is 4.90. The molecule has 5 nitrogen and oxygen atoms in total. The highest BCUT2D eigenvalue weighted by molar-refractivity contribution is 14.1. The van der Waals surface area contributed by atoms with Gasteiger partial charge in [0, 0.05) is 3.57 Å². The standard InChI is InChI=1S/C10H11IO5S/c1-7-6-8(2-3-9(7)11)10(12)16-4-5-17(13,14)15/h2-3,6H,4-5H2,1H3,(H,13,14,15)/p-1. The van der Waals surface area contributed by atoms with Crippen LogP contribution in [0.3, 0.4) is 0 Å². The lowest BCUT2D eigenvalue weighted by molar-refractivity contribution is 0.0528.